The second-order valence-corrected chi connectivity index (χ2v) is 6.70. The molecule has 2 rings (SSSR count). The highest BCUT2D eigenvalue weighted by Crippen LogP contribution is 2.36. The molecule has 0 heterocycles. The Hall–Kier alpha value is -1.62. The summed E-state index contributed by atoms with van der Waals surface area (Å²) in [5.41, 5.74) is 0.682. The van der Waals surface area contributed by atoms with E-state index in [1.165, 1.54) is 19.3 Å². The van der Waals surface area contributed by atoms with Gasteiger partial charge < -0.3 is 19.7 Å². The van der Waals surface area contributed by atoms with E-state index in [1.54, 1.807) is 26.4 Å². The topological polar surface area (TPSA) is 50.8 Å². The molecule has 1 N–H and O–H groups in total. The van der Waals surface area contributed by atoms with Gasteiger partial charge >= 0.3 is 0 Å². The van der Waals surface area contributed by atoms with Gasteiger partial charge in [0.15, 0.2) is 0 Å². The van der Waals surface area contributed by atoms with Crippen LogP contribution in [-0.4, -0.2) is 44.2 Å². The van der Waals surface area contributed by atoms with Gasteiger partial charge in [0.25, 0.3) is 0 Å². The van der Waals surface area contributed by atoms with Crippen LogP contribution in [0.1, 0.15) is 39.0 Å². The van der Waals surface area contributed by atoms with Crippen molar-refractivity contribution < 1.29 is 14.3 Å². The smallest absolute Gasteiger partial charge is 0.244 e. The van der Waals surface area contributed by atoms with Crippen LogP contribution < -0.4 is 14.8 Å². The van der Waals surface area contributed by atoms with E-state index in [1.807, 2.05) is 18.9 Å². The van der Waals surface area contributed by atoms with Gasteiger partial charge in [0.05, 0.1) is 24.9 Å². The Kier molecular flexibility index (Phi) is 6.60. The van der Waals surface area contributed by atoms with Gasteiger partial charge in [0.2, 0.25) is 5.91 Å². The van der Waals surface area contributed by atoms with Crippen molar-refractivity contribution in [2.45, 2.75) is 51.1 Å². The number of amides is 1. The Bertz CT molecular complexity index is 574. The summed E-state index contributed by atoms with van der Waals surface area (Å²) in [6.07, 6.45) is 5.85. The Morgan fingerprint density at radius 1 is 1.21 bits per heavy atom. The zero-order valence-corrected chi connectivity index (χ0v) is 15.7. The number of ether oxygens (including phenoxy) is 2. The summed E-state index contributed by atoms with van der Waals surface area (Å²) in [7, 11) is 5.03. The van der Waals surface area contributed by atoms with Gasteiger partial charge in [0.1, 0.15) is 17.5 Å². The Morgan fingerprint density at radius 3 is 2.42 bits per heavy atom. The van der Waals surface area contributed by atoms with Crippen molar-refractivity contribution in [2.75, 3.05) is 26.6 Å². The lowest BCUT2D eigenvalue weighted by atomic mass is 9.94. The molecule has 0 saturated heterocycles. The number of methoxy groups -OCH3 is 2. The normalized spacial score (nSPS) is 16.4. The number of anilines is 1. The van der Waals surface area contributed by atoms with Crippen molar-refractivity contribution in [3.63, 3.8) is 0 Å². The number of benzene rings is 1. The molecular weight excluding hydrogens is 328 g/mol. The average Bonchev–Trinajstić information content (AvgIpc) is 2.61. The maximum absolute atomic E-state index is 12.7. The maximum atomic E-state index is 12.7. The standard InChI is InChI=1S/C18H27ClN2O3/c1-12(18(22)21(2)13-8-6-5-7-9-13)20-15-10-14(19)16(23-3)11-17(15)24-4/h10-13,20H,5-9H2,1-4H3/t12-/m1/s1. The zero-order valence-electron chi connectivity index (χ0n) is 14.9. The van der Waals surface area contributed by atoms with Gasteiger partial charge in [-0.15, -0.1) is 0 Å². The molecule has 1 aliphatic rings. The minimum absolute atomic E-state index is 0.0795. The van der Waals surface area contributed by atoms with Gasteiger partial charge in [-0.2, -0.15) is 0 Å². The van der Waals surface area contributed by atoms with Crippen LogP contribution in [0.2, 0.25) is 5.02 Å². The molecule has 1 atom stereocenters. The van der Waals surface area contributed by atoms with Crippen LogP contribution in [0.25, 0.3) is 0 Å². The number of rotatable bonds is 6. The first kappa shape index (κ1) is 18.7. The van der Waals surface area contributed by atoms with Crippen molar-refractivity contribution >= 4 is 23.2 Å². The fourth-order valence-electron chi connectivity index (χ4n) is 3.22. The van der Waals surface area contributed by atoms with E-state index in [2.05, 4.69) is 5.32 Å². The number of nitrogens with zero attached hydrogens (tertiary/aromatic N) is 1. The molecule has 1 aliphatic carbocycles. The quantitative estimate of drug-likeness (QED) is 0.840. The fourth-order valence-corrected chi connectivity index (χ4v) is 3.46. The molecule has 5 nitrogen and oxygen atoms in total. The summed E-state index contributed by atoms with van der Waals surface area (Å²) in [4.78, 5) is 14.6. The zero-order chi connectivity index (χ0) is 17.7. The van der Waals surface area contributed by atoms with E-state index in [-0.39, 0.29) is 11.9 Å². The molecule has 1 aromatic rings. The summed E-state index contributed by atoms with van der Waals surface area (Å²) >= 11 is 6.19. The van der Waals surface area contributed by atoms with Gasteiger partial charge in [-0.05, 0) is 25.8 Å². The van der Waals surface area contributed by atoms with E-state index in [9.17, 15) is 4.79 Å². The van der Waals surface area contributed by atoms with Gasteiger partial charge in [0, 0.05) is 19.2 Å². The first-order valence-electron chi connectivity index (χ1n) is 8.42. The minimum atomic E-state index is -0.365. The Labute approximate surface area is 149 Å². The molecule has 0 bridgehead atoms. The lowest BCUT2D eigenvalue weighted by molar-refractivity contribution is -0.133. The first-order valence-corrected chi connectivity index (χ1v) is 8.80. The maximum Gasteiger partial charge on any atom is 0.244 e. The molecule has 0 spiro atoms. The number of likely N-dealkylation sites (N-methyl/N-ethyl adjacent to an activating group) is 1. The summed E-state index contributed by atoms with van der Waals surface area (Å²) in [5, 5.41) is 3.69. The predicted molar refractivity (Wildman–Crippen MR) is 97.3 cm³/mol. The summed E-state index contributed by atoms with van der Waals surface area (Å²) < 4.78 is 10.6. The second kappa shape index (κ2) is 8.47. The van der Waals surface area contributed by atoms with Gasteiger partial charge in [-0.3, -0.25) is 4.79 Å². The van der Waals surface area contributed by atoms with E-state index < -0.39 is 0 Å². The minimum Gasteiger partial charge on any atom is -0.495 e. The van der Waals surface area contributed by atoms with Gasteiger partial charge in [-0.25, -0.2) is 0 Å². The Morgan fingerprint density at radius 2 is 1.83 bits per heavy atom. The van der Waals surface area contributed by atoms with E-state index in [0.29, 0.717) is 28.3 Å². The van der Waals surface area contributed by atoms with E-state index in [0.717, 1.165) is 12.8 Å². The molecule has 0 aromatic heterocycles. The SMILES string of the molecule is COc1cc(OC)c(N[C@H](C)C(=O)N(C)C2CCCCC2)cc1Cl. The first-order chi connectivity index (χ1) is 11.5. The molecule has 1 amide bonds. The average molecular weight is 355 g/mol. The lowest BCUT2D eigenvalue weighted by Crippen LogP contribution is -2.45. The monoisotopic (exact) mass is 354 g/mol. The third-order valence-corrected chi connectivity index (χ3v) is 4.98. The van der Waals surface area contributed by atoms with E-state index >= 15 is 0 Å². The van der Waals surface area contributed by atoms with Crippen LogP contribution in [0.5, 0.6) is 11.5 Å². The van der Waals surface area contributed by atoms with Crippen LogP contribution in [0, 0.1) is 0 Å². The van der Waals surface area contributed by atoms with Crippen LogP contribution >= 0.6 is 11.6 Å². The van der Waals surface area contributed by atoms with Crippen LogP contribution in [0.4, 0.5) is 5.69 Å². The molecular formula is C18H27ClN2O3. The van der Waals surface area contributed by atoms with Crippen LogP contribution in [0.3, 0.4) is 0 Å². The molecule has 6 heteroatoms. The lowest BCUT2D eigenvalue weighted by Gasteiger charge is -2.33. The highest BCUT2D eigenvalue weighted by atomic mass is 35.5. The number of halogens is 1. The van der Waals surface area contributed by atoms with Crippen molar-refractivity contribution in [2.24, 2.45) is 0 Å². The molecule has 134 valence electrons. The van der Waals surface area contributed by atoms with Crippen molar-refractivity contribution in [3.05, 3.63) is 17.2 Å². The number of carbonyl (C=O) groups excluding carboxylic acids is 1. The Balaban J connectivity index is 2.09. The summed E-state index contributed by atoms with van der Waals surface area (Å²) in [6, 6.07) is 3.42. The van der Waals surface area contributed by atoms with E-state index in [4.69, 9.17) is 21.1 Å². The molecule has 0 radical (unpaired) electrons. The number of nitrogens with one attached hydrogen (secondary N) is 1. The third kappa shape index (κ3) is 4.26. The second-order valence-electron chi connectivity index (χ2n) is 6.29. The molecule has 1 fully saturated rings. The van der Waals surface area contributed by atoms with Crippen LogP contribution in [0.15, 0.2) is 12.1 Å². The molecule has 0 aliphatic heterocycles. The molecule has 0 unspecified atom stereocenters. The number of hydrogen-bond donors (Lipinski definition) is 1. The fraction of sp³-hybridized carbons (Fsp3) is 0.611. The third-order valence-electron chi connectivity index (χ3n) is 4.69. The molecule has 1 saturated carbocycles. The molecule has 24 heavy (non-hydrogen) atoms. The van der Waals surface area contributed by atoms with Crippen molar-refractivity contribution in [1.29, 1.82) is 0 Å². The number of carbonyl (C=O) groups is 1. The van der Waals surface area contributed by atoms with Crippen LogP contribution in [-0.2, 0) is 4.79 Å². The summed E-state index contributed by atoms with van der Waals surface area (Å²) in [6.45, 7) is 1.86. The largest absolute Gasteiger partial charge is 0.495 e. The summed E-state index contributed by atoms with van der Waals surface area (Å²) in [5.74, 6) is 1.21. The highest BCUT2D eigenvalue weighted by Gasteiger charge is 2.26. The molecule has 1 aromatic carbocycles. The highest BCUT2D eigenvalue weighted by molar-refractivity contribution is 6.32. The number of hydrogen-bond acceptors (Lipinski definition) is 4. The van der Waals surface area contributed by atoms with Gasteiger partial charge in [-0.1, -0.05) is 30.9 Å². The van der Waals surface area contributed by atoms with Crippen molar-refractivity contribution in [3.8, 4) is 11.5 Å². The van der Waals surface area contributed by atoms with Crippen molar-refractivity contribution in [1.82, 2.24) is 4.90 Å². The predicted octanol–water partition coefficient (Wildman–Crippen LogP) is 3.95.